The van der Waals surface area contributed by atoms with Crippen LogP contribution in [0.15, 0.2) is 42.5 Å². The first-order valence-corrected chi connectivity index (χ1v) is 8.88. The van der Waals surface area contributed by atoms with Gasteiger partial charge < -0.3 is 14.2 Å². The van der Waals surface area contributed by atoms with Crippen LogP contribution in [0.2, 0.25) is 0 Å². The Kier molecular flexibility index (Phi) is 5.37. The fraction of sp³-hybridized carbons (Fsp3) is 0.500. The first-order valence-electron chi connectivity index (χ1n) is 8.88. The maximum atomic E-state index is 12.3. The third-order valence-electron chi connectivity index (χ3n) is 4.59. The smallest absolute Gasteiger partial charge is 0.303 e. The molecule has 0 bridgehead atoms. The third kappa shape index (κ3) is 4.05. The standard InChI is InChI=1S/C20H25NO6/c1-12-16(21(13(2)22)24-11-15-9-7-6-8-10-15)18-19(17(12)25-14(3)23)27-20(4,5)26-18/h6-10,16-19H,1,11H2,2-5H3/t16-,17-,18+,19-/m1/s1. The van der Waals surface area contributed by atoms with Crippen molar-refractivity contribution in [2.45, 2.75) is 64.4 Å². The Hall–Kier alpha value is -2.22. The number of nitrogens with zero attached hydrogens (tertiary/aromatic N) is 1. The zero-order valence-electron chi connectivity index (χ0n) is 16.0. The molecule has 146 valence electrons. The second-order valence-electron chi connectivity index (χ2n) is 7.22. The van der Waals surface area contributed by atoms with Crippen molar-refractivity contribution in [1.82, 2.24) is 5.06 Å². The van der Waals surface area contributed by atoms with Crippen LogP contribution in [0, 0.1) is 0 Å². The first kappa shape index (κ1) is 19.5. The van der Waals surface area contributed by atoms with Crippen molar-refractivity contribution in [3.8, 4) is 0 Å². The first-order chi connectivity index (χ1) is 12.7. The van der Waals surface area contributed by atoms with Gasteiger partial charge in [-0.05, 0) is 25.0 Å². The van der Waals surface area contributed by atoms with Crippen LogP contribution >= 0.6 is 0 Å². The molecule has 4 atom stereocenters. The zero-order chi connectivity index (χ0) is 19.8. The molecule has 1 heterocycles. The molecule has 1 aliphatic carbocycles. The molecule has 0 spiro atoms. The van der Waals surface area contributed by atoms with E-state index in [1.807, 2.05) is 30.3 Å². The average Bonchev–Trinajstić information content (AvgIpc) is 3.01. The Morgan fingerprint density at radius 1 is 1.15 bits per heavy atom. The number of amides is 1. The number of benzene rings is 1. The minimum atomic E-state index is -0.866. The van der Waals surface area contributed by atoms with Crippen LogP contribution in [0.4, 0.5) is 0 Å². The van der Waals surface area contributed by atoms with Crippen molar-refractivity contribution < 1.29 is 28.6 Å². The Balaban J connectivity index is 1.85. The molecule has 1 amide bonds. The van der Waals surface area contributed by atoms with E-state index in [0.29, 0.717) is 5.57 Å². The summed E-state index contributed by atoms with van der Waals surface area (Å²) in [6.45, 7) is 10.5. The predicted octanol–water partition coefficient (Wildman–Crippen LogP) is 2.36. The maximum absolute atomic E-state index is 12.3. The van der Waals surface area contributed by atoms with Crippen molar-refractivity contribution >= 4 is 11.9 Å². The van der Waals surface area contributed by atoms with Gasteiger partial charge in [-0.1, -0.05) is 36.9 Å². The van der Waals surface area contributed by atoms with E-state index in [-0.39, 0.29) is 12.5 Å². The van der Waals surface area contributed by atoms with E-state index in [1.54, 1.807) is 13.8 Å². The summed E-state index contributed by atoms with van der Waals surface area (Å²) in [4.78, 5) is 29.7. The summed E-state index contributed by atoms with van der Waals surface area (Å²) >= 11 is 0. The van der Waals surface area contributed by atoms with E-state index in [1.165, 1.54) is 18.9 Å². The second kappa shape index (κ2) is 7.42. The molecule has 3 rings (SSSR count). The molecular weight excluding hydrogens is 350 g/mol. The van der Waals surface area contributed by atoms with Crippen LogP contribution in [-0.2, 0) is 35.2 Å². The summed E-state index contributed by atoms with van der Waals surface area (Å²) in [6, 6.07) is 8.89. The molecule has 1 aromatic carbocycles. The molecule has 1 saturated carbocycles. The van der Waals surface area contributed by atoms with Gasteiger partial charge in [0.15, 0.2) is 11.9 Å². The molecule has 1 aliphatic heterocycles. The molecule has 0 N–H and O–H groups in total. The normalized spacial score (nSPS) is 28.7. The highest BCUT2D eigenvalue weighted by atomic mass is 16.8. The Morgan fingerprint density at radius 2 is 1.78 bits per heavy atom. The Bertz CT molecular complexity index is 731. The predicted molar refractivity (Wildman–Crippen MR) is 96.1 cm³/mol. The fourth-order valence-corrected chi connectivity index (χ4v) is 3.58. The van der Waals surface area contributed by atoms with Gasteiger partial charge in [-0.2, -0.15) is 0 Å². The number of hydrogen-bond donors (Lipinski definition) is 0. The average molecular weight is 375 g/mol. The Labute approximate surface area is 158 Å². The van der Waals surface area contributed by atoms with Crippen molar-refractivity contribution in [1.29, 1.82) is 0 Å². The van der Waals surface area contributed by atoms with E-state index in [2.05, 4.69) is 6.58 Å². The number of carbonyl (C=O) groups excluding carboxylic acids is 2. The molecule has 2 aliphatic rings. The highest BCUT2D eigenvalue weighted by Gasteiger charge is 2.60. The highest BCUT2D eigenvalue weighted by Crippen LogP contribution is 2.44. The van der Waals surface area contributed by atoms with Crippen molar-refractivity contribution in [3.05, 3.63) is 48.0 Å². The van der Waals surface area contributed by atoms with Crippen LogP contribution in [0.3, 0.4) is 0 Å². The molecule has 2 fully saturated rings. The Morgan fingerprint density at radius 3 is 2.37 bits per heavy atom. The molecule has 7 nitrogen and oxygen atoms in total. The number of rotatable bonds is 5. The van der Waals surface area contributed by atoms with Crippen molar-refractivity contribution in [2.75, 3.05) is 0 Å². The van der Waals surface area contributed by atoms with Crippen LogP contribution in [-0.4, -0.2) is 47.1 Å². The molecule has 7 heteroatoms. The second-order valence-corrected chi connectivity index (χ2v) is 7.22. The summed E-state index contributed by atoms with van der Waals surface area (Å²) in [5, 5.41) is 1.25. The van der Waals surface area contributed by atoms with Crippen LogP contribution in [0.25, 0.3) is 0 Å². The van der Waals surface area contributed by atoms with Crippen LogP contribution in [0.5, 0.6) is 0 Å². The SMILES string of the molecule is C=C1[C@@H](OC(C)=O)[C@H]2OC(C)(C)O[C@H]2[C@@H]1N(OCc1ccccc1)C(C)=O. The lowest BCUT2D eigenvalue weighted by atomic mass is 10.1. The van der Waals surface area contributed by atoms with E-state index in [9.17, 15) is 9.59 Å². The quantitative estimate of drug-likeness (QED) is 0.447. The van der Waals surface area contributed by atoms with E-state index >= 15 is 0 Å². The molecule has 0 unspecified atom stereocenters. The van der Waals surface area contributed by atoms with Gasteiger partial charge in [-0.3, -0.25) is 14.4 Å². The summed E-state index contributed by atoms with van der Waals surface area (Å²) in [5.41, 5.74) is 1.43. The summed E-state index contributed by atoms with van der Waals surface area (Å²) in [7, 11) is 0. The summed E-state index contributed by atoms with van der Waals surface area (Å²) in [5.74, 6) is -1.62. The minimum absolute atomic E-state index is 0.212. The number of ether oxygens (including phenoxy) is 3. The molecule has 27 heavy (non-hydrogen) atoms. The fourth-order valence-electron chi connectivity index (χ4n) is 3.58. The van der Waals surface area contributed by atoms with Gasteiger partial charge in [0.25, 0.3) is 0 Å². The summed E-state index contributed by atoms with van der Waals surface area (Å²) in [6.07, 6.45) is -1.80. The molecular formula is C20H25NO6. The zero-order valence-corrected chi connectivity index (χ0v) is 16.0. The van der Waals surface area contributed by atoms with Gasteiger partial charge in [0, 0.05) is 13.8 Å². The number of esters is 1. The van der Waals surface area contributed by atoms with Gasteiger partial charge >= 0.3 is 5.97 Å². The lowest BCUT2D eigenvalue weighted by Gasteiger charge is -2.32. The number of fused-ring (bicyclic) bond motifs is 1. The molecule has 0 aromatic heterocycles. The van der Waals surface area contributed by atoms with E-state index in [0.717, 1.165) is 5.56 Å². The maximum Gasteiger partial charge on any atom is 0.303 e. The number of hydroxylamine groups is 2. The highest BCUT2D eigenvalue weighted by molar-refractivity contribution is 5.73. The van der Waals surface area contributed by atoms with Crippen molar-refractivity contribution in [2.24, 2.45) is 0 Å². The number of hydrogen-bond acceptors (Lipinski definition) is 6. The lowest BCUT2D eigenvalue weighted by Crippen LogP contribution is -2.46. The van der Waals surface area contributed by atoms with Gasteiger partial charge in [-0.15, -0.1) is 0 Å². The molecule has 0 radical (unpaired) electrons. The largest absolute Gasteiger partial charge is 0.455 e. The van der Waals surface area contributed by atoms with Crippen LogP contribution < -0.4 is 0 Å². The van der Waals surface area contributed by atoms with Gasteiger partial charge in [0.1, 0.15) is 24.9 Å². The van der Waals surface area contributed by atoms with Crippen LogP contribution in [0.1, 0.15) is 33.3 Å². The monoisotopic (exact) mass is 375 g/mol. The van der Waals surface area contributed by atoms with E-state index < -0.39 is 36.1 Å². The van der Waals surface area contributed by atoms with Gasteiger partial charge in [-0.25, -0.2) is 5.06 Å². The van der Waals surface area contributed by atoms with E-state index in [4.69, 9.17) is 19.0 Å². The lowest BCUT2D eigenvalue weighted by molar-refractivity contribution is -0.217. The molecule has 1 aromatic rings. The third-order valence-corrected chi connectivity index (χ3v) is 4.59. The topological polar surface area (TPSA) is 74.3 Å². The summed E-state index contributed by atoms with van der Waals surface area (Å²) < 4.78 is 17.3. The van der Waals surface area contributed by atoms with Crippen molar-refractivity contribution in [3.63, 3.8) is 0 Å². The number of carbonyl (C=O) groups is 2. The van der Waals surface area contributed by atoms with Gasteiger partial charge in [0.05, 0.1) is 0 Å². The molecule has 1 saturated heterocycles. The minimum Gasteiger partial charge on any atom is -0.455 e. The van der Waals surface area contributed by atoms with Gasteiger partial charge in [0.2, 0.25) is 5.91 Å².